The summed E-state index contributed by atoms with van der Waals surface area (Å²) in [6, 6.07) is 14.5. The fourth-order valence-corrected chi connectivity index (χ4v) is 4.23. The molecule has 2 aromatic carbocycles. The summed E-state index contributed by atoms with van der Waals surface area (Å²) >= 11 is 0. The molecule has 5 nitrogen and oxygen atoms in total. The molecule has 1 aliphatic rings. The summed E-state index contributed by atoms with van der Waals surface area (Å²) in [5.74, 6) is -2.28. The zero-order valence-electron chi connectivity index (χ0n) is 17.6. The molecule has 164 valence electrons. The third kappa shape index (κ3) is 4.34. The predicted molar refractivity (Wildman–Crippen MR) is 119 cm³/mol. The fourth-order valence-electron chi connectivity index (χ4n) is 4.23. The number of pyridine rings is 1. The highest BCUT2D eigenvalue weighted by Crippen LogP contribution is 2.39. The smallest absolute Gasteiger partial charge is 0.275 e. The molecule has 2 heterocycles. The van der Waals surface area contributed by atoms with Crippen molar-refractivity contribution in [1.82, 2.24) is 4.98 Å². The second-order valence-electron chi connectivity index (χ2n) is 7.99. The Hall–Kier alpha value is -2.77. The Kier molecular flexibility index (Phi) is 6.07. The van der Waals surface area contributed by atoms with Crippen LogP contribution in [0.3, 0.4) is 0 Å². The molecule has 0 aliphatic carbocycles. The molecule has 0 unspecified atom stereocenters. The van der Waals surface area contributed by atoms with Gasteiger partial charge in [0.25, 0.3) is 5.92 Å². The molecule has 0 spiro atoms. The minimum Gasteiger partial charge on any atom is -0.395 e. The van der Waals surface area contributed by atoms with Crippen molar-refractivity contribution in [3.8, 4) is 0 Å². The first-order chi connectivity index (χ1) is 14.9. The van der Waals surface area contributed by atoms with Gasteiger partial charge in [0.15, 0.2) is 0 Å². The number of hydrogen-bond donors (Lipinski definition) is 2. The first-order valence-corrected chi connectivity index (χ1v) is 10.5. The lowest BCUT2D eigenvalue weighted by Gasteiger charge is -2.28. The summed E-state index contributed by atoms with van der Waals surface area (Å²) in [5.41, 5.74) is 3.33. The van der Waals surface area contributed by atoms with Crippen molar-refractivity contribution in [2.45, 2.75) is 25.8 Å². The first-order valence-electron chi connectivity index (χ1n) is 10.5. The highest BCUT2D eigenvalue weighted by atomic mass is 19.3. The lowest BCUT2D eigenvalue weighted by atomic mass is 10.0. The highest BCUT2D eigenvalue weighted by molar-refractivity contribution is 5.94. The molecule has 0 amide bonds. The number of benzene rings is 2. The van der Waals surface area contributed by atoms with Crippen molar-refractivity contribution in [2.75, 3.05) is 42.6 Å². The number of nitrogens with zero attached hydrogens (tertiary/aromatic N) is 3. The Balaban J connectivity index is 1.82. The molecule has 1 aliphatic heterocycles. The Labute approximate surface area is 180 Å². The van der Waals surface area contributed by atoms with Gasteiger partial charge in [-0.1, -0.05) is 35.9 Å². The molecule has 4 rings (SSSR count). The van der Waals surface area contributed by atoms with Crippen molar-refractivity contribution in [1.29, 1.82) is 0 Å². The molecular weight excluding hydrogens is 400 g/mol. The highest BCUT2D eigenvalue weighted by Gasteiger charge is 2.37. The maximum Gasteiger partial charge on any atom is 0.275 e. The second kappa shape index (κ2) is 8.77. The normalized spacial score (nSPS) is 15.6. The summed E-state index contributed by atoms with van der Waals surface area (Å²) in [5, 5.41) is 20.0. The van der Waals surface area contributed by atoms with E-state index in [2.05, 4.69) is 0 Å². The Morgan fingerprint density at radius 2 is 1.81 bits per heavy atom. The van der Waals surface area contributed by atoms with E-state index in [1.54, 1.807) is 18.2 Å². The van der Waals surface area contributed by atoms with E-state index in [0.717, 1.165) is 22.2 Å². The summed E-state index contributed by atoms with van der Waals surface area (Å²) < 4.78 is 29.5. The van der Waals surface area contributed by atoms with Crippen LogP contribution in [0.25, 0.3) is 10.9 Å². The van der Waals surface area contributed by atoms with E-state index in [1.165, 1.54) is 6.07 Å². The molecule has 0 radical (unpaired) electrons. The van der Waals surface area contributed by atoms with Gasteiger partial charge in [-0.3, -0.25) is 0 Å². The topological polar surface area (TPSA) is 59.8 Å². The molecular formula is C24H27F2N3O2. The van der Waals surface area contributed by atoms with Crippen LogP contribution in [0.1, 0.15) is 23.1 Å². The predicted octanol–water partition coefficient (Wildman–Crippen LogP) is 3.84. The van der Waals surface area contributed by atoms with Crippen molar-refractivity contribution >= 4 is 22.4 Å². The summed E-state index contributed by atoms with van der Waals surface area (Å²) in [6.07, 6.45) is -0.288. The molecule has 0 fully saturated rings. The first kappa shape index (κ1) is 21.5. The van der Waals surface area contributed by atoms with E-state index in [4.69, 9.17) is 4.98 Å². The SMILES string of the molecule is Cc1ccc2nc(N3CCC(F)(F)c4ccccc4C3)cc(N(CCO)CCO)c2c1. The van der Waals surface area contributed by atoms with Gasteiger partial charge < -0.3 is 20.0 Å². The lowest BCUT2D eigenvalue weighted by Crippen LogP contribution is -2.31. The van der Waals surface area contributed by atoms with Gasteiger partial charge in [-0.15, -0.1) is 0 Å². The number of rotatable bonds is 6. The van der Waals surface area contributed by atoms with Crippen LogP contribution in [0, 0.1) is 6.92 Å². The third-order valence-electron chi connectivity index (χ3n) is 5.80. The van der Waals surface area contributed by atoms with Crippen molar-refractivity contribution < 1.29 is 19.0 Å². The van der Waals surface area contributed by atoms with E-state index < -0.39 is 5.92 Å². The number of aromatic nitrogens is 1. The van der Waals surface area contributed by atoms with E-state index >= 15 is 0 Å². The average molecular weight is 427 g/mol. The Morgan fingerprint density at radius 1 is 1.06 bits per heavy atom. The minimum atomic E-state index is -2.89. The number of aryl methyl sites for hydroxylation is 1. The van der Waals surface area contributed by atoms with Gasteiger partial charge in [-0.05, 0) is 24.6 Å². The van der Waals surface area contributed by atoms with E-state index in [-0.39, 0.29) is 31.7 Å². The van der Waals surface area contributed by atoms with Crippen LogP contribution in [-0.2, 0) is 12.5 Å². The van der Waals surface area contributed by atoms with Crippen molar-refractivity contribution in [2.24, 2.45) is 0 Å². The number of fused-ring (bicyclic) bond motifs is 2. The number of aliphatic hydroxyl groups excluding tert-OH is 2. The van der Waals surface area contributed by atoms with Gasteiger partial charge >= 0.3 is 0 Å². The number of alkyl halides is 2. The monoisotopic (exact) mass is 427 g/mol. The van der Waals surface area contributed by atoms with Gasteiger partial charge in [-0.25, -0.2) is 13.8 Å². The van der Waals surface area contributed by atoms with Gasteiger partial charge in [0.2, 0.25) is 0 Å². The lowest BCUT2D eigenvalue weighted by molar-refractivity contribution is -0.00967. The molecule has 1 aromatic heterocycles. The van der Waals surface area contributed by atoms with Crippen LogP contribution in [0.2, 0.25) is 0 Å². The summed E-state index contributed by atoms with van der Waals surface area (Å²) in [6.45, 7) is 3.10. The molecule has 3 aromatic rings. The van der Waals surface area contributed by atoms with Crippen LogP contribution in [0.5, 0.6) is 0 Å². The third-order valence-corrected chi connectivity index (χ3v) is 5.80. The quantitative estimate of drug-likeness (QED) is 0.626. The summed E-state index contributed by atoms with van der Waals surface area (Å²) in [7, 11) is 0. The molecule has 31 heavy (non-hydrogen) atoms. The summed E-state index contributed by atoms with van der Waals surface area (Å²) in [4.78, 5) is 8.59. The largest absolute Gasteiger partial charge is 0.395 e. The minimum absolute atomic E-state index is 0.0612. The van der Waals surface area contributed by atoms with Crippen LogP contribution in [-0.4, -0.2) is 48.0 Å². The van der Waals surface area contributed by atoms with Gasteiger partial charge in [0, 0.05) is 55.3 Å². The standard InChI is InChI=1S/C24H27F2N3O2/c1-17-6-7-21-19(14-17)22(28(10-12-30)11-13-31)15-23(27-21)29-9-8-24(25,26)20-5-3-2-4-18(20)16-29/h2-7,14-15,30-31H,8-13,16H2,1H3. The fraction of sp³-hybridized carbons (Fsp3) is 0.375. The molecule has 0 atom stereocenters. The van der Waals surface area contributed by atoms with Crippen LogP contribution < -0.4 is 9.80 Å². The number of hydrogen-bond acceptors (Lipinski definition) is 5. The van der Waals surface area contributed by atoms with Crippen molar-refractivity contribution in [3.63, 3.8) is 0 Å². The molecule has 0 saturated heterocycles. The number of anilines is 2. The maximum absolute atomic E-state index is 14.7. The van der Waals surface area contributed by atoms with E-state index in [1.807, 2.05) is 41.0 Å². The maximum atomic E-state index is 14.7. The van der Waals surface area contributed by atoms with Gasteiger partial charge in [0.1, 0.15) is 5.82 Å². The van der Waals surface area contributed by atoms with Crippen LogP contribution >= 0.6 is 0 Å². The molecule has 7 heteroatoms. The van der Waals surface area contributed by atoms with Gasteiger partial charge in [0.05, 0.1) is 18.7 Å². The number of aliphatic hydroxyl groups is 2. The number of halogens is 2. The average Bonchev–Trinajstić information content (AvgIpc) is 2.89. The Bertz CT molecular complexity index is 1070. The Morgan fingerprint density at radius 3 is 2.55 bits per heavy atom. The van der Waals surface area contributed by atoms with Crippen molar-refractivity contribution in [3.05, 3.63) is 65.2 Å². The zero-order valence-corrected chi connectivity index (χ0v) is 17.6. The van der Waals surface area contributed by atoms with E-state index in [0.29, 0.717) is 31.0 Å². The molecule has 0 bridgehead atoms. The van der Waals surface area contributed by atoms with Crippen LogP contribution in [0.4, 0.5) is 20.3 Å². The van der Waals surface area contributed by atoms with E-state index in [9.17, 15) is 19.0 Å². The second-order valence-corrected chi connectivity index (χ2v) is 7.99. The molecule has 2 N–H and O–H groups in total. The molecule has 0 saturated carbocycles. The zero-order chi connectivity index (χ0) is 22.0. The van der Waals surface area contributed by atoms with Crippen LogP contribution in [0.15, 0.2) is 48.5 Å². The van der Waals surface area contributed by atoms with Gasteiger partial charge in [-0.2, -0.15) is 0 Å².